The first-order valence-electron chi connectivity index (χ1n) is 3.03. The molecule has 0 saturated heterocycles. The molecule has 6 N–H and O–H groups in total. The summed E-state index contributed by atoms with van der Waals surface area (Å²) in [6, 6.07) is -0.825. The van der Waals surface area contributed by atoms with E-state index in [2.05, 4.69) is 5.32 Å². The van der Waals surface area contributed by atoms with Crippen molar-refractivity contribution in [3.8, 4) is 0 Å². The second-order valence-corrected chi connectivity index (χ2v) is 1.95. The lowest BCUT2D eigenvalue weighted by Crippen LogP contribution is -2.46. The van der Waals surface area contributed by atoms with Crippen LogP contribution in [0.1, 0.15) is 0 Å². The van der Waals surface area contributed by atoms with Crippen molar-refractivity contribution in [1.29, 1.82) is 0 Å². The summed E-state index contributed by atoms with van der Waals surface area (Å²) >= 11 is 0. The van der Waals surface area contributed by atoms with Gasteiger partial charge in [0.05, 0.1) is 6.04 Å². The molecule has 0 unspecified atom stereocenters. The third-order valence-electron chi connectivity index (χ3n) is 1.00. The first-order chi connectivity index (χ1) is 5.07. The fourth-order valence-corrected chi connectivity index (χ4v) is 0.401. The van der Waals surface area contributed by atoms with Gasteiger partial charge in [0.15, 0.2) is 0 Å². The van der Waals surface area contributed by atoms with Crippen LogP contribution in [0.25, 0.3) is 0 Å². The molecule has 80 valence electrons. The first-order valence-corrected chi connectivity index (χ1v) is 3.03. The highest BCUT2D eigenvalue weighted by atomic mass is 35.5. The van der Waals surface area contributed by atoms with E-state index in [1.807, 2.05) is 0 Å². The van der Waals surface area contributed by atoms with Crippen LogP contribution in [-0.2, 0) is 9.59 Å². The lowest BCUT2D eigenvalue weighted by molar-refractivity contribution is -0.138. The zero-order chi connectivity index (χ0) is 8.85. The number of halogens is 2. The van der Waals surface area contributed by atoms with Crippen molar-refractivity contribution >= 4 is 36.7 Å². The van der Waals surface area contributed by atoms with Crippen LogP contribution in [0.5, 0.6) is 0 Å². The molecule has 0 aromatic rings. The second kappa shape index (κ2) is 9.53. The molecule has 0 heterocycles. The highest BCUT2D eigenvalue weighted by molar-refractivity contribution is 5.86. The molecule has 0 radical (unpaired) electrons. The normalized spacial score (nSPS) is 10.3. The van der Waals surface area contributed by atoms with Gasteiger partial charge in [0.2, 0.25) is 5.91 Å². The molecular formula is C5H13Cl2N3O3. The fourth-order valence-electron chi connectivity index (χ4n) is 0.401. The minimum Gasteiger partial charge on any atom is -0.480 e. The molecule has 0 fully saturated rings. The van der Waals surface area contributed by atoms with Gasteiger partial charge in [-0.2, -0.15) is 0 Å². The summed E-state index contributed by atoms with van der Waals surface area (Å²) in [7, 11) is 0. The van der Waals surface area contributed by atoms with Crippen LogP contribution < -0.4 is 16.8 Å². The Balaban J connectivity index is -0.000000500. The van der Waals surface area contributed by atoms with Gasteiger partial charge in [0, 0.05) is 6.54 Å². The Morgan fingerprint density at radius 3 is 2.15 bits per heavy atom. The molecule has 0 bridgehead atoms. The van der Waals surface area contributed by atoms with Crippen molar-refractivity contribution in [2.75, 3.05) is 13.1 Å². The number of hydrogen-bond acceptors (Lipinski definition) is 4. The van der Waals surface area contributed by atoms with Gasteiger partial charge in [0.1, 0.15) is 6.54 Å². The summed E-state index contributed by atoms with van der Waals surface area (Å²) in [5.74, 6) is -1.66. The Morgan fingerprint density at radius 1 is 1.38 bits per heavy atom. The molecule has 1 amide bonds. The second-order valence-electron chi connectivity index (χ2n) is 1.95. The van der Waals surface area contributed by atoms with Crippen molar-refractivity contribution < 1.29 is 14.7 Å². The molecule has 0 rings (SSSR count). The lowest BCUT2D eigenvalue weighted by Gasteiger charge is -2.06. The number of amides is 1. The average molecular weight is 234 g/mol. The molecular weight excluding hydrogens is 221 g/mol. The molecule has 0 aliphatic carbocycles. The number of carbonyl (C=O) groups excluding carboxylic acids is 1. The Kier molecular flexibility index (Phi) is 13.4. The van der Waals surface area contributed by atoms with E-state index in [0.29, 0.717) is 0 Å². The summed E-state index contributed by atoms with van der Waals surface area (Å²) in [5.41, 5.74) is 10.2. The van der Waals surface area contributed by atoms with E-state index in [1.54, 1.807) is 0 Å². The molecule has 6 nitrogen and oxygen atoms in total. The number of hydrogen-bond donors (Lipinski definition) is 4. The van der Waals surface area contributed by atoms with Crippen LogP contribution in [0.15, 0.2) is 0 Å². The number of nitrogens with two attached hydrogens (primary N) is 2. The van der Waals surface area contributed by atoms with Crippen LogP contribution >= 0.6 is 24.8 Å². The molecule has 8 heteroatoms. The largest absolute Gasteiger partial charge is 0.480 e. The molecule has 0 saturated carbocycles. The van der Waals surface area contributed by atoms with Crippen molar-refractivity contribution in [2.24, 2.45) is 11.5 Å². The Bertz CT molecular complexity index is 167. The molecule has 0 aliphatic heterocycles. The average Bonchev–Trinajstić information content (AvgIpc) is 1.98. The number of aliphatic carboxylic acids is 1. The minimum absolute atomic E-state index is 0. The van der Waals surface area contributed by atoms with Crippen LogP contribution in [0.4, 0.5) is 0 Å². The topological polar surface area (TPSA) is 118 Å². The standard InChI is InChI=1S/C5H11N3O3.2ClH/c6-1-3(7)5(11)8-2-4(9)10;;/h3H,1-2,6-7H2,(H,8,11)(H,9,10);2*1H/t3-;;/m0../s1. The van der Waals surface area contributed by atoms with Gasteiger partial charge in [0.25, 0.3) is 0 Å². The monoisotopic (exact) mass is 233 g/mol. The van der Waals surface area contributed by atoms with Crippen molar-refractivity contribution in [1.82, 2.24) is 5.32 Å². The van der Waals surface area contributed by atoms with Gasteiger partial charge in [-0.1, -0.05) is 0 Å². The SMILES string of the molecule is Cl.Cl.NC[C@H](N)C(=O)NCC(=O)O. The number of carboxylic acid groups (broad SMARTS) is 1. The maximum atomic E-state index is 10.7. The predicted octanol–water partition coefficient (Wildman–Crippen LogP) is -1.68. The maximum absolute atomic E-state index is 10.7. The van der Waals surface area contributed by atoms with Gasteiger partial charge in [-0.15, -0.1) is 24.8 Å². The molecule has 13 heavy (non-hydrogen) atoms. The van der Waals surface area contributed by atoms with Crippen molar-refractivity contribution in [2.45, 2.75) is 6.04 Å². The van der Waals surface area contributed by atoms with Gasteiger partial charge in [-0.25, -0.2) is 0 Å². The highest BCUT2D eigenvalue weighted by Crippen LogP contribution is 1.73. The summed E-state index contributed by atoms with van der Waals surface area (Å²) in [5, 5.41) is 10.2. The Hall–Kier alpha value is -0.560. The van der Waals surface area contributed by atoms with E-state index in [-0.39, 0.29) is 31.4 Å². The van der Waals surface area contributed by atoms with E-state index in [4.69, 9.17) is 16.6 Å². The quantitative estimate of drug-likeness (QED) is 0.463. The molecule has 0 spiro atoms. The van der Waals surface area contributed by atoms with Gasteiger partial charge in [-0.05, 0) is 0 Å². The molecule has 0 aliphatic rings. The van der Waals surface area contributed by atoms with Crippen LogP contribution in [-0.4, -0.2) is 36.1 Å². The minimum atomic E-state index is -1.11. The third-order valence-corrected chi connectivity index (χ3v) is 1.00. The first kappa shape index (κ1) is 18.3. The number of carboxylic acids is 1. The summed E-state index contributed by atoms with van der Waals surface area (Å²) in [4.78, 5) is 20.6. The van der Waals surface area contributed by atoms with Crippen molar-refractivity contribution in [3.05, 3.63) is 0 Å². The Labute approximate surface area is 87.9 Å². The van der Waals surface area contributed by atoms with Gasteiger partial charge in [-0.3, -0.25) is 9.59 Å². The van der Waals surface area contributed by atoms with Gasteiger partial charge < -0.3 is 21.9 Å². The molecule has 0 aromatic heterocycles. The van der Waals surface area contributed by atoms with Crippen LogP contribution in [0, 0.1) is 0 Å². The summed E-state index contributed by atoms with van der Waals surface area (Å²) in [6.45, 7) is -0.419. The summed E-state index contributed by atoms with van der Waals surface area (Å²) in [6.07, 6.45) is 0. The van der Waals surface area contributed by atoms with E-state index in [9.17, 15) is 9.59 Å². The van der Waals surface area contributed by atoms with E-state index >= 15 is 0 Å². The number of rotatable bonds is 4. The van der Waals surface area contributed by atoms with Gasteiger partial charge >= 0.3 is 5.97 Å². The smallest absolute Gasteiger partial charge is 0.322 e. The number of carbonyl (C=O) groups is 2. The van der Waals surface area contributed by atoms with Crippen LogP contribution in [0.3, 0.4) is 0 Å². The van der Waals surface area contributed by atoms with Crippen LogP contribution in [0.2, 0.25) is 0 Å². The van der Waals surface area contributed by atoms with Crippen molar-refractivity contribution in [3.63, 3.8) is 0 Å². The van der Waals surface area contributed by atoms with E-state index in [1.165, 1.54) is 0 Å². The van der Waals surface area contributed by atoms with E-state index in [0.717, 1.165) is 0 Å². The maximum Gasteiger partial charge on any atom is 0.322 e. The zero-order valence-corrected chi connectivity index (χ0v) is 8.36. The zero-order valence-electron chi connectivity index (χ0n) is 6.73. The molecule has 0 aromatic carbocycles. The lowest BCUT2D eigenvalue weighted by atomic mass is 10.3. The fraction of sp³-hybridized carbons (Fsp3) is 0.600. The third kappa shape index (κ3) is 9.35. The van der Waals surface area contributed by atoms with E-state index < -0.39 is 24.5 Å². The summed E-state index contributed by atoms with van der Waals surface area (Å²) < 4.78 is 0. The predicted molar refractivity (Wildman–Crippen MR) is 52.2 cm³/mol. The molecule has 1 atom stereocenters. The Morgan fingerprint density at radius 2 is 1.85 bits per heavy atom. The number of nitrogens with one attached hydrogen (secondary N) is 1. The highest BCUT2D eigenvalue weighted by Gasteiger charge is 2.10.